The van der Waals surface area contributed by atoms with Gasteiger partial charge >= 0.3 is 0 Å². The van der Waals surface area contributed by atoms with Gasteiger partial charge in [-0.25, -0.2) is 0 Å². The minimum Gasteiger partial charge on any atom is -0.348 e. The number of allylic oxidation sites excluding steroid dienone is 3. The molecule has 1 saturated heterocycles. The topological polar surface area (TPSA) is 49.4 Å². The molecule has 18 heavy (non-hydrogen) atoms. The molecule has 3 unspecified atom stereocenters. The summed E-state index contributed by atoms with van der Waals surface area (Å²) in [5.41, 5.74) is 0. The molecule has 4 heteroatoms. The zero-order valence-corrected chi connectivity index (χ0v) is 10.9. The lowest BCUT2D eigenvalue weighted by atomic mass is 10.2. The van der Waals surface area contributed by atoms with Crippen LogP contribution in [0.1, 0.15) is 26.7 Å². The molecule has 0 aromatic heterocycles. The number of hydrogen-bond donors (Lipinski definition) is 1. The van der Waals surface area contributed by atoms with Crippen LogP contribution >= 0.6 is 0 Å². The van der Waals surface area contributed by atoms with Gasteiger partial charge in [0.2, 0.25) is 11.8 Å². The summed E-state index contributed by atoms with van der Waals surface area (Å²) in [6, 6.07) is 0.381. The molecule has 2 aliphatic rings. The van der Waals surface area contributed by atoms with E-state index in [0.29, 0.717) is 24.9 Å². The Morgan fingerprint density at radius 2 is 2.17 bits per heavy atom. The van der Waals surface area contributed by atoms with Crippen molar-refractivity contribution in [2.75, 3.05) is 6.54 Å². The summed E-state index contributed by atoms with van der Waals surface area (Å²) in [5.74, 6) is 0.668. The van der Waals surface area contributed by atoms with Gasteiger partial charge in [0, 0.05) is 25.1 Å². The van der Waals surface area contributed by atoms with Crippen LogP contribution in [0.3, 0.4) is 0 Å². The van der Waals surface area contributed by atoms with Crippen LogP contribution in [0.15, 0.2) is 24.3 Å². The van der Waals surface area contributed by atoms with Crippen LogP contribution in [0.5, 0.6) is 0 Å². The summed E-state index contributed by atoms with van der Waals surface area (Å²) in [7, 11) is 0. The van der Waals surface area contributed by atoms with Crippen LogP contribution in [0, 0.1) is 5.92 Å². The number of nitrogens with one attached hydrogen (secondary N) is 1. The third kappa shape index (κ3) is 3.00. The van der Waals surface area contributed by atoms with Crippen molar-refractivity contribution in [3.8, 4) is 0 Å². The predicted octanol–water partition coefficient (Wildman–Crippen LogP) is 1.24. The van der Waals surface area contributed by atoms with E-state index in [1.54, 1.807) is 12.2 Å². The molecule has 1 aliphatic carbocycles. The Morgan fingerprint density at radius 3 is 2.78 bits per heavy atom. The highest BCUT2D eigenvalue weighted by Crippen LogP contribution is 2.37. The summed E-state index contributed by atoms with van der Waals surface area (Å²) in [4.78, 5) is 25.3. The number of carbonyl (C=O) groups is 2. The molecule has 0 radical (unpaired) electrons. The SMILES string of the molecule is CC=CC=CC(=O)NC1CC(=O)N(C2CC2C)C1. The number of likely N-dealkylation sites (tertiary alicyclic amines) is 1. The maximum Gasteiger partial charge on any atom is 0.244 e. The molecule has 0 aromatic carbocycles. The first-order valence-corrected chi connectivity index (χ1v) is 6.51. The van der Waals surface area contributed by atoms with Crippen molar-refractivity contribution in [1.82, 2.24) is 10.2 Å². The summed E-state index contributed by atoms with van der Waals surface area (Å²) in [5, 5.41) is 2.87. The fourth-order valence-electron chi connectivity index (χ4n) is 2.39. The van der Waals surface area contributed by atoms with E-state index in [0.717, 1.165) is 6.42 Å². The quantitative estimate of drug-likeness (QED) is 0.601. The van der Waals surface area contributed by atoms with E-state index in [1.807, 2.05) is 17.9 Å². The first kappa shape index (κ1) is 12.9. The Morgan fingerprint density at radius 1 is 1.44 bits per heavy atom. The average Bonchev–Trinajstić information content (AvgIpc) is 2.91. The van der Waals surface area contributed by atoms with Crippen molar-refractivity contribution in [3.05, 3.63) is 24.3 Å². The summed E-state index contributed by atoms with van der Waals surface area (Å²) in [6.45, 7) is 4.72. The number of carbonyl (C=O) groups excluding carboxylic acids is 2. The Kier molecular flexibility index (Phi) is 3.84. The van der Waals surface area contributed by atoms with E-state index < -0.39 is 0 Å². The van der Waals surface area contributed by atoms with E-state index >= 15 is 0 Å². The van der Waals surface area contributed by atoms with Crippen LogP contribution in [0.4, 0.5) is 0 Å². The Bertz CT molecular complexity index is 401. The van der Waals surface area contributed by atoms with Crippen LogP contribution in [0.25, 0.3) is 0 Å². The maximum absolute atomic E-state index is 11.8. The van der Waals surface area contributed by atoms with E-state index in [2.05, 4.69) is 12.2 Å². The number of hydrogen-bond acceptors (Lipinski definition) is 2. The second kappa shape index (κ2) is 5.38. The Labute approximate surface area is 108 Å². The Hall–Kier alpha value is -1.58. The average molecular weight is 248 g/mol. The largest absolute Gasteiger partial charge is 0.348 e. The molecule has 0 bridgehead atoms. The van der Waals surface area contributed by atoms with E-state index in [9.17, 15) is 9.59 Å². The molecule has 1 aliphatic heterocycles. The first-order chi connectivity index (χ1) is 8.61. The number of amides is 2. The molecule has 2 fully saturated rings. The van der Waals surface area contributed by atoms with Gasteiger partial charge in [-0.1, -0.05) is 25.2 Å². The van der Waals surface area contributed by atoms with Crippen molar-refractivity contribution in [1.29, 1.82) is 0 Å². The molecule has 0 aromatic rings. The van der Waals surface area contributed by atoms with Crippen molar-refractivity contribution < 1.29 is 9.59 Å². The van der Waals surface area contributed by atoms with Gasteiger partial charge in [-0.2, -0.15) is 0 Å². The maximum atomic E-state index is 11.8. The molecular formula is C14H20N2O2. The predicted molar refractivity (Wildman–Crippen MR) is 69.8 cm³/mol. The van der Waals surface area contributed by atoms with Gasteiger partial charge in [0.15, 0.2) is 0 Å². The number of nitrogens with zero attached hydrogens (tertiary/aromatic N) is 1. The van der Waals surface area contributed by atoms with Gasteiger partial charge in [-0.05, 0) is 19.3 Å². The highest BCUT2D eigenvalue weighted by Gasteiger charge is 2.44. The van der Waals surface area contributed by atoms with Crippen molar-refractivity contribution in [2.45, 2.75) is 38.8 Å². The van der Waals surface area contributed by atoms with Gasteiger partial charge < -0.3 is 10.2 Å². The zero-order chi connectivity index (χ0) is 13.1. The van der Waals surface area contributed by atoms with Gasteiger partial charge in [0.1, 0.15) is 0 Å². The number of rotatable bonds is 4. The second-order valence-corrected chi connectivity index (χ2v) is 5.12. The molecular weight excluding hydrogens is 228 g/mol. The highest BCUT2D eigenvalue weighted by molar-refractivity contribution is 5.89. The van der Waals surface area contributed by atoms with E-state index in [4.69, 9.17) is 0 Å². The fraction of sp³-hybridized carbons (Fsp3) is 0.571. The lowest BCUT2D eigenvalue weighted by Crippen LogP contribution is -2.37. The van der Waals surface area contributed by atoms with Crippen molar-refractivity contribution >= 4 is 11.8 Å². The smallest absolute Gasteiger partial charge is 0.244 e. The van der Waals surface area contributed by atoms with E-state index in [1.165, 1.54) is 6.08 Å². The van der Waals surface area contributed by atoms with Crippen LogP contribution in [0.2, 0.25) is 0 Å². The molecule has 98 valence electrons. The molecule has 1 heterocycles. The third-order valence-electron chi connectivity index (χ3n) is 3.52. The van der Waals surface area contributed by atoms with Crippen LogP contribution in [-0.4, -0.2) is 35.3 Å². The van der Waals surface area contributed by atoms with Gasteiger partial charge in [0.05, 0.1) is 6.04 Å². The molecule has 4 nitrogen and oxygen atoms in total. The van der Waals surface area contributed by atoms with E-state index in [-0.39, 0.29) is 17.9 Å². The van der Waals surface area contributed by atoms with Crippen molar-refractivity contribution in [2.24, 2.45) is 5.92 Å². The van der Waals surface area contributed by atoms with Crippen molar-refractivity contribution in [3.63, 3.8) is 0 Å². The summed E-state index contributed by atoms with van der Waals surface area (Å²) in [6.07, 6.45) is 8.40. The molecule has 2 amide bonds. The normalized spacial score (nSPS) is 31.6. The first-order valence-electron chi connectivity index (χ1n) is 6.51. The minimum atomic E-state index is -0.128. The lowest BCUT2D eigenvalue weighted by Gasteiger charge is -2.16. The second-order valence-electron chi connectivity index (χ2n) is 5.12. The Balaban J connectivity index is 1.81. The monoisotopic (exact) mass is 248 g/mol. The molecule has 1 N–H and O–H groups in total. The van der Waals surface area contributed by atoms with Crippen LogP contribution in [-0.2, 0) is 9.59 Å². The molecule has 3 atom stereocenters. The highest BCUT2D eigenvalue weighted by atomic mass is 16.2. The van der Waals surface area contributed by atoms with Gasteiger partial charge in [-0.3, -0.25) is 9.59 Å². The lowest BCUT2D eigenvalue weighted by molar-refractivity contribution is -0.128. The molecule has 1 saturated carbocycles. The molecule has 2 rings (SSSR count). The minimum absolute atomic E-state index is 0.0342. The van der Waals surface area contributed by atoms with Gasteiger partial charge in [-0.15, -0.1) is 0 Å². The van der Waals surface area contributed by atoms with Gasteiger partial charge in [0.25, 0.3) is 0 Å². The third-order valence-corrected chi connectivity index (χ3v) is 3.52. The molecule has 0 spiro atoms. The summed E-state index contributed by atoms with van der Waals surface area (Å²) < 4.78 is 0. The standard InChI is InChI=1S/C14H20N2O2/c1-3-4-5-6-13(17)15-11-8-14(18)16(9-11)12-7-10(12)2/h3-6,10-12H,7-9H2,1-2H3,(H,15,17). The fourth-order valence-corrected chi connectivity index (χ4v) is 2.39. The zero-order valence-electron chi connectivity index (χ0n) is 10.9. The summed E-state index contributed by atoms with van der Waals surface area (Å²) >= 11 is 0. The van der Waals surface area contributed by atoms with Crippen LogP contribution < -0.4 is 5.32 Å².